The molecule has 4 nitrogen and oxygen atoms in total. The van der Waals surface area contributed by atoms with Crippen molar-refractivity contribution in [2.24, 2.45) is 0 Å². The number of rotatable bonds is 3. The van der Waals surface area contributed by atoms with E-state index in [1.807, 2.05) is 54.6 Å². The van der Waals surface area contributed by atoms with Crippen molar-refractivity contribution >= 4 is 35.3 Å². The van der Waals surface area contributed by atoms with Gasteiger partial charge in [-0.25, -0.2) is 0 Å². The van der Waals surface area contributed by atoms with E-state index in [0.29, 0.717) is 10.5 Å². The number of benzene rings is 2. The Kier molecular flexibility index (Phi) is 5.03. The average molecular weight is 378 g/mol. The van der Waals surface area contributed by atoms with Crippen molar-refractivity contribution in [1.82, 2.24) is 5.32 Å². The van der Waals surface area contributed by atoms with E-state index in [1.165, 1.54) is 24.6 Å². The Balaban J connectivity index is 1.58. The van der Waals surface area contributed by atoms with Gasteiger partial charge in [0.15, 0.2) is 0 Å². The molecule has 4 rings (SSSR count). The highest BCUT2D eigenvalue weighted by molar-refractivity contribution is 8.04. The summed E-state index contributed by atoms with van der Waals surface area (Å²) in [5.74, 6) is -0.106. The fourth-order valence-corrected chi connectivity index (χ4v) is 4.67. The van der Waals surface area contributed by atoms with Gasteiger partial charge in [-0.05, 0) is 42.7 Å². The molecule has 2 amide bonds. The summed E-state index contributed by atoms with van der Waals surface area (Å²) in [7, 11) is 1.76. The molecule has 0 spiro atoms. The molecule has 2 aromatic rings. The molecule has 1 aliphatic carbocycles. The molecule has 2 aromatic carbocycles. The molecular formula is C22H22N2O2S. The summed E-state index contributed by atoms with van der Waals surface area (Å²) in [6.45, 7) is 0. The van der Waals surface area contributed by atoms with Gasteiger partial charge in [0.05, 0.1) is 10.6 Å². The van der Waals surface area contributed by atoms with Crippen molar-refractivity contribution in [1.29, 1.82) is 0 Å². The van der Waals surface area contributed by atoms with E-state index in [4.69, 9.17) is 0 Å². The SMILES string of the molecule is CN1C(=O)C(=Cc2ccccc2)Sc2ccc(C(=O)NC3CCCC3)cc21. The summed E-state index contributed by atoms with van der Waals surface area (Å²) in [4.78, 5) is 28.6. The van der Waals surface area contributed by atoms with Gasteiger partial charge in [0.1, 0.15) is 0 Å². The van der Waals surface area contributed by atoms with E-state index in [2.05, 4.69) is 5.32 Å². The normalized spacial score (nSPS) is 18.6. The maximum atomic E-state index is 12.8. The molecule has 138 valence electrons. The molecule has 0 saturated heterocycles. The van der Waals surface area contributed by atoms with Gasteiger partial charge in [-0.15, -0.1) is 0 Å². The van der Waals surface area contributed by atoms with Gasteiger partial charge in [0.2, 0.25) is 0 Å². The van der Waals surface area contributed by atoms with Crippen LogP contribution in [0.25, 0.3) is 6.08 Å². The van der Waals surface area contributed by atoms with Crippen LogP contribution in [0.3, 0.4) is 0 Å². The molecule has 0 bridgehead atoms. The van der Waals surface area contributed by atoms with Crippen molar-refractivity contribution < 1.29 is 9.59 Å². The van der Waals surface area contributed by atoms with Crippen LogP contribution >= 0.6 is 11.8 Å². The summed E-state index contributed by atoms with van der Waals surface area (Å²) in [5, 5.41) is 3.11. The lowest BCUT2D eigenvalue weighted by Gasteiger charge is -2.27. The lowest BCUT2D eigenvalue weighted by molar-refractivity contribution is -0.114. The predicted molar refractivity (Wildman–Crippen MR) is 110 cm³/mol. The fourth-order valence-electron chi connectivity index (χ4n) is 3.57. The van der Waals surface area contributed by atoms with Gasteiger partial charge in [-0.1, -0.05) is 54.9 Å². The number of hydrogen-bond acceptors (Lipinski definition) is 3. The van der Waals surface area contributed by atoms with Crippen LogP contribution < -0.4 is 10.2 Å². The van der Waals surface area contributed by atoms with E-state index in [-0.39, 0.29) is 17.9 Å². The summed E-state index contributed by atoms with van der Waals surface area (Å²) in [5.41, 5.74) is 2.39. The molecule has 0 unspecified atom stereocenters. The Hall–Kier alpha value is -2.53. The first kappa shape index (κ1) is 17.9. The quantitative estimate of drug-likeness (QED) is 0.802. The maximum absolute atomic E-state index is 12.8. The predicted octanol–water partition coefficient (Wildman–Crippen LogP) is 4.47. The molecule has 5 heteroatoms. The van der Waals surface area contributed by atoms with E-state index in [1.54, 1.807) is 11.9 Å². The standard InChI is InChI=1S/C22H22N2O2S/c1-24-18-14-16(21(25)23-17-9-5-6-10-17)11-12-19(18)27-20(22(24)26)13-15-7-3-2-4-8-15/h2-4,7-8,11-14,17H,5-6,9-10H2,1H3,(H,23,25). The zero-order valence-electron chi connectivity index (χ0n) is 15.3. The minimum atomic E-state index is -0.0545. The second-order valence-electron chi connectivity index (χ2n) is 7.02. The summed E-state index contributed by atoms with van der Waals surface area (Å²) < 4.78 is 0. The lowest BCUT2D eigenvalue weighted by atomic mass is 10.1. The van der Waals surface area contributed by atoms with Crippen LogP contribution in [0.5, 0.6) is 0 Å². The zero-order chi connectivity index (χ0) is 18.8. The van der Waals surface area contributed by atoms with Crippen LogP contribution in [0.4, 0.5) is 5.69 Å². The van der Waals surface area contributed by atoms with Crippen LogP contribution in [-0.4, -0.2) is 24.9 Å². The number of carbonyl (C=O) groups excluding carboxylic acids is 2. The average Bonchev–Trinajstić information content (AvgIpc) is 3.19. The second kappa shape index (κ2) is 7.61. The number of likely N-dealkylation sites (N-methyl/N-ethyl adjacent to an activating group) is 1. The fraction of sp³-hybridized carbons (Fsp3) is 0.273. The van der Waals surface area contributed by atoms with Crippen molar-refractivity contribution in [2.75, 3.05) is 11.9 Å². The van der Waals surface area contributed by atoms with Crippen LogP contribution in [0, 0.1) is 0 Å². The molecular weight excluding hydrogens is 356 g/mol. The molecule has 1 saturated carbocycles. The van der Waals surface area contributed by atoms with Gasteiger partial charge < -0.3 is 10.2 Å². The zero-order valence-corrected chi connectivity index (χ0v) is 16.1. The molecule has 1 heterocycles. The summed E-state index contributed by atoms with van der Waals surface area (Å²) in [6, 6.07) is 15.7. The van der Waals surface area contributed by atoms with Gasteiger partial charge in [0, 0.05) is 23.5 Å². The van der Waals surface area contributed by atoms with E-state index in [0.717, 1.165) is 29.0 Å². The van der Waals surface area contributed by atoms with Gasteiger partial charge >= 0.3 is 0 Å². The summed E-state index contributed by atoms with van der Waals surface area (Å²) >= 11 is 1.46. The van der Waals surface area contributed by atoms with Crippen LogP contribution in [0.2, 0.25) is 0 Å². The molecule has 0 radical (unpaired) electrons. The number of amides is 2. The van der Waals surface area contributed by atoms with Gasteiger partial charge in [0.25, 0.3) is 11.8 Å². The molecule has 0 atom stereocenters. The number of thioether (sulfide) groups is 1. The minimum absolute atomic E-state index is 0.0512. The number of nitrogens with one attached hydrogen (secondary N) is 1. The van der Waals surface area contributed by atoms with Crippen molar-refractivity contribution in [3.05, 3.63) is 64.6 Å². The topological polar surface area (TPSA) is 49.4 Å². The second-order valence-corrected chi connectivity index (χ2v) is 8.11. The molecule has 27 heavy (non-hydrogen) atoms. The van der Waals surface area contributed by atoms with Crippen molar-refractivity contribution in [2.45, 2.75) is 36.6 Å². The van der Waals surface area contributed by atoms with E-state index in [9.17, 15) is 9.59 Å². The Morgan fingerprint density at radius 2 is 1.89 bits per heavy atom. The highest BCUT2D eigenvalue weighted by Gasteiger charge is 2.27. The Bertz CT molecular complexity index is 902. The number of fused-ring (bicyclic) bond motifs is 1. The third kappa shape index (κ3) is 3.78. The molecule has 1 fully saturated rings. The Labute approximate surface area is 163 Å². The number of hydrogen-bond donors (Lipinski definition) is 1. The number of anilines is 1. The van der Waals surface area contributed by atoms with Crippen LogP contribution in [0.1, 0.15) is 41.6 Å². The number of nitrogens with zero attached hydrogens (tertiary/aromatic N) is 1. The number of carbonyl (C=O) groups is 2. The first-order chi connectivity index (χ1) is 13.1. The maximum Gasteiger partial charge on any atom is 0.264 e. The highest BCUT2D eigenvalue weighted by atomic mass is 32.2. The van der Waals surface area contributed by atoms with Gasteiger partial charge in [-0.2, -0.15) is 0 Å². The first-order valence-electron chi connectivity index (χ1n) is 9.29. The largest absolute Gasteiger partial charge is 0.349 e. The summed E-state index contributed by atoms with van der Waals surface area (Å²) in [6.07, 6.45) is 6.38. The van der Waals surface area contributed by atoms with E-state index < -0.39 is 0 Å². The third-order valence-corrected chi connectivity index (χ3v) is 6.18. The molecule has 0 aromatic heterocycles. The molecule has 1 aliphatic heterocycles. The lowest BCUT2D eigenvalue weighted by Crippen LogP contribution is -2.33. The highest BCUT2D eigenvalue weighted by Crippen LogP contribution is 2.42. The Morgan fingerprint density at radius 1 is 1.15 bits per heavy atom. The van der Waals surface area contributed by atoms with Crippen molar-refractivity contribution in [3.8, 4) is 0 Å². The van der Waals surface area contributed by atoms with E-state index >= 15 is 0 Å². The van der Waals surface area contributed by atoms with Crippen molar-refractivity contribution in [3.63, 3.8) is 0 Å². The first-order valence-corrected chi connectivity index (χ1v) is 10.1. The van der Waals surface area contributed by atoms with Gasteiger partial charge in [-0.3, -0.25) is 9.59 Å². The van der Waals surface area contributed by atoms with Crippen LogP contribution in [-0.2, 0) is 4.79 Å². The smallest absolute Gasteiger partial charge is 0.264 e. The third-order valence-electron chi connectivity index (χ3n) is 5.11. The molecule has 1 N–H and O–H groups in total. The Morgan fingerprint density at radius 3 is 2.63 bits per heavy atom. The monoisotopic (exact) mass is 378 g/mol. The molecule has 2 aliphatic rings. The minimum Gasteiger partial charge on any atom is -0.349 e. The van der Waals surface area contributed by atoms with Crippen LogP contribution in [0.15, 0.2) is 58.3 Å².